The van der Waals surface area contributed by atoms with Crippen LogP contribution in [-0.4, -0.2) is 33.1 Å². The average molecular weight is 440 g/mol. The van der Waals surface area contributed by atoms with Crippen molar-refractivity contribution in [2.45, 2.75) is 40.2 Å². The minimum atomic E-state index is -0.514. The highest BCUT2D eigenvalue weighted by Gasteiger charge is 2.25. The first kappa shape index (κ1) is 25.8. The fourth-order valence-electron chi connectivity index (χ4n) is 3.13. The number of allylic oxidation sites excluding steroid dienone is 1. The zero-order chi connectivity index (χ0) is 23.0. The molecule has 1 aromatic carbocycles. The lowest BCUT2D eigenvalue weighted by Gasteiger charge is -2.27. The number of nitrogens with one attached hydrogen (secondary N) is 3. The third-order valence-electron chi connectivity index (χ3n) is 5.04. The Kier molecular flexibility index (Phi) is 10.2. The molecule has 30 heavy (non-hydrogen) atoms. The van der Waals surface area contributed by atoms with E-state index in [-0.39, 0.29) is 19.0 Å². The fraction of sp³-hybridized carbons (Fsp3) is 0.500. The summed E-state index contributed by atoms with van der Waals surface area (Å²) in [4.78, 5) is 12.8. The average Bonchev–Trinajstić information content (AvgIpc) is 2.70. The first-order chi connectivity index (χ1) is 14.1. The lowest BCUT2D eigenvalue weighted by molar-refractivity contribution is -0.118. The van der Waals surface area contributed by atoms with Crippen LogP contribution in [-0.2, 0) is 4.79 Å². The van der Waals surface area contributed by atoms with Crippen molar-refractivity contribution in [2.75, 3.05) is 37.6 Å². The van der Waals surface area contributed by atoms with Crippen LogP contribution in [0.2, 0.25) is 5.02 Å². The van der Waals surface area contributed by atoms with Gasteiger partial charge in [0.15, 0.2) is 0 Å². The monoisotopic (exact) mass is 439 g/mol. The van der Waals surface area contributed by atoms with Crippen LogP contribution in [0.3, 0.4) is 0 Å². The lowest BCUT2D eigenvalue weighted by Crippen LogP contribution is -2.33. The van der Waals surface area contributed by atoms with Crippen molar-refractivity contribution in [1.29, 1.82) is 0 Å². The molecule has 8 heteroatoms. The van der Waals surface area contributed by atoms with Crippen LogP contribution in [0.4, 0.5) is 15.9 Å². The van der Waals surface area contributed by atoms with Gasteiger partial charge in [0.1, 0.15) is 0 Å². The first-order valence-corrected chi connectivity index (χ1v) is 10.5. The van der Waals surface area contributed by atoms with E-state index in [4.69, 9.17) is 17.3 Å². The van der Waals surface area contributed by atoms with Gasteiger partial charge in [0.05, 0.1) is 29.0 Å². The fourth-order valence-corrected chi connectivity index (χ4v) is 3.42. The van der Waals surface area contributed by atoms with Gasteiger partial charge in [0, 0.05) is 43.0 Å². The molecule has 0 aliphatic rings. The molecule has 0 heterocycles. The molecule has 1 unspecified atom stereocenters. The van der Waals surface area contributed by atoms with E-state index in [1.54, 1.807) is 40.1 Å². The molecule has 0 aliphatic carbocycles. The number of carbonyl (C=O) groups is 1. The van der Waals surface area contributed by atoms with Crippen molar-refractivity contribution < 1.29 is 9.28 Å². The number of nitrogens with two attached hydrogens (primary N) is 1. The maximum atomic E-state index is 15.3. The third kappa shape index (κ3) is 6.12. The summed E-state index contributed by atoms with van der Waals surface area (Å²) in [5.41, 5.74) is 8.91. The molecule has 0 bridgehead atoms. The molecule has 0 aliphatic heterocycles. The van der Waals surface area contributed by atoms with Crippen molar-refractivity contribution in [3.8, 4) is 0 Å². The number of halogens is 2. The molecule has 0 aromatic heterocycles. The van der Waals surface area contributed by atoms with Crippen molar-refractivity contribution >= 4 is 35.0 Å². The summed E-state index contributed by atoms with van der Waals surface area (Å²) >= 11 is 6.46. The minimum Gasteiger partial charge on any atom is -0.391 e. The lowest BCUT2D eigenvalue weighted by atomic mass is 9.99. The van der Waals surface area contributed by atoms with Crippen molar-refractivity contribution in [3.05, 3.63) is 40.1 Å². The zero-order valence-corrected chi connectivity index (χ0v) is 19.6. The van der Waals surface area contributed by atoms with E-state index in [2.05, 4.69) is 22.5 Å². The normalized spacial score (nSPS) is 12.9. The van der Waals surface area contributed by atoms with Crippen molar-refractivity contribution in [2.24, 2.45) is 11.7 Å². The second-order valence-electron chi connectivity index (χ2n) is 7.56. The molecule has 1 amide bonds. The summed E-state index contributed by atoms with van der Waals surface area (Å²) in [6.07, 6.45) is 2.26. The van der Waals surface area contributed by atoms with Crippen LogP contribution in [0.25, 0.3) is 6.08 Å². The SMILES string of the molecule is C=Cc1c(Cl)cc(C(C)NC(=O)/C(CN)=C(/C)NC)c(N(F)CCC(C)C)c1NC. The van der Waals surface area contributed by atoms with E-state index >= 15 is 4.48 Å². The number of carbonyl (C=O) groups excluding carboxylic acids is 1. The number of rotatable bonds is 11. The van der Waals surface area contributed by atoms with Gasteiger partial charge in [-0.2, -0.15) is 0 Å². The standard InChI is InChI=1S/C22H35ClFN5O/c1-8-16-19(23)11-17(15(5)28-22(30)18(12-25)14(4)26-6)21(20(16)27-7)29(24)10-9-13(2)3/h8,11,13,15,26-27H,1,9-10,12,25H2,2-7H3,(H,28,30)/b18-14-. The Morgan fingerprint density at radius 2 is 2.00 bits per heavy atom. The predicted octanol–water partition coefficient (Wildman–Crippen LogP) is 4.39. The molecule has 1 aromatic rings. The molecule has 0 spiro atoms. The third-order valence-corrected chi connectivity index (χ3v) is 5.35. The Hall–Kier alpha value is -2.25. The summed E-state index contributed by atoms with van der Waals surface area (Å²) in [7, 11) is 3.43. The molecule has 0 saturated heterocycles. The topological polar surface area (TPSA) is 82.4 Å². The smallest absolute Gasteiger partial charge is 0.250 e. The van der Waals surface area contributed by atoms with Gasteiger partial charge in [-0.25, -0.2) is 5.12 Å². The molecule has 6 nitrogen and oxygen atoms in total. The van der Waals surface area contributed by atoms with Gasteiger partial charge in [-0.3, -0.25) is 4.79 Å². The maximum absolute atomic E-state index is 15.3. The van der Waals surface area contributed by atoms with E-state index in [1.807, 2.05) is 13.8 Å². The second-order valence-corrected chi connectivity index (χ2v) is 7.97. The van der Waals surface area contributed by atoms with Gasteiger partial charge in [-0.1, -0.05) is 42.6 Å². The van der Waals surface area contributed by atoms with E-state index < -0.39 is 6.04 Å². The number of nitrogens with zero attached hydrogens (tertiary/aromatic N) is 1. The van der Waals surface area contributed by atoms with Crippen molar-refractivity contribution in [1.82, 2.24) is 10.6 Å². The van der Waals surface area contributed by atoms with Crippen LogP contribution in [0.5, 0.6) is 0 Å². The second kappa shape index (κ2) is 11.8. The van der Waals surface area contributed by atoms with Gasteiger partial charge >= 0.3 is 0 Å². The molecule has 5 N–H and O–H groups in total. The van der Waals surface area contributed by atoms with Crippen molar-refractivity contribution in [3.63, 3.8) is 0 Å². The summed E-state index contributed by atoms with van der Waals surface area (Å²) < 4.78 is 15.3. The molecule has 1 atom stereocenters. The van der Waals surface area contributed by atoms with Crippen LogP contribution < -0.4 is 26.8 Å². The molecule has 0 radical (unpaired) electrons. The number of benzene rings is 1. The highest BCUT2D eigenvalue weighted by Crippen LogP contribution is 2.41. The van der Waals surface area contributed by atoms with Gasteiger partial charge in [-0.05, 0) is 32.3 Å². The summed E-state index contributed by atoms with van der Waals surface area (Å²) in [6.45, 7) is 11.7. The quantitative estimate of drug-likeness (QED) is 0.303. The molecule has 168 valence electrons. The van der Waals surface area contributed by atoms with Crippen LogP contribution in [0.15, 0.2) is 23.9 Å². The predicted molar refractivity (Wildman–Crippen MR) is 126 cm³/mol. The van der Waals surface area contributed by atoms with E-state index in [0.29, 0.717) is 56.3 Å². The Bertz CT molecular complexity index is 794. The van der Waals surface area contributed by atoms with E-state index in [9.17, 15) is 4.79 Å². The Labute approximate surface area is 184 Å². The minimum absolute atomic E-state index is 0.0830. The molecular weight excluding hydrogens is 405 g/mol. The van der Waals surface area contributed by atoms with Gasteiger partial charge in [0.25, 0.3) is 5.91 Å². The number of hydrogen-bond donors (Lipinski definition) is 4. The molecule has 0 saturated carbocycles. The maximum Gasteiger partial charge on any atom is 0.250 e. The van der Waals surface area contributed by atoms with Crippen LogP contribution in [0.1, 0.15) is 51.3 Å². The Morgan fingerprint density at radius 1 is 1.37 bits per heavy atom. The summed E-state index contributed by atoms with van der Waals surface area (Å²) in [5.74, 6) is 0.0279. The van der Waals surface area contributed by atoms with Gasteiger partial charge < -0.3 is 21.7 Å². The number of hydrogen-bond acceptors (Lipinski definition) is 5. The Balaban J connectivity index is 3.47. The van der Waals surface area contributed by atoms with Gasteiger partial charge in [-0.15, -0.1) is 0 Å². The van der Waals surface area contributed by atoms with Gasteiger partial charge in [0.2, 0.25) is 0 Å². The molecule has 0 fully saturated rings. The zero-order valence-electron chi connectivity index (χ0n) is 18.8. The molecular formula is C22H35ClFN5O. The first-order valence-electron chi connectivity index (χ1n) is 10.1. The van der Waals surface area contributed by atoms with E-state index in [1.165, 1.54) is 0 Å². The van der Waals surface area contributed by atoms with Crippen LogP contribution >= 0.6 is 11.6 Å². The van der Waals surface area contributed by atoms with Crippen LogP contribution in [0, 0.1) is 5.92 Å². The number of amides is 1. The molecule has 1 rings (SSSR count). The Morgan fingerprint density at radius 3 is 2.47 bits per heavy atom. The number of anilines is 2. The van der Waals surface area contributed by atoms with E-state index in [0.717, 1.165) is 0 Å². The highest BCUT2D eigenvalue weighted by atomic mass is 35.5. The highest BCUT2D eigenvalue weighted by molar-refractivity contribution is 6.33. The summed E-state index contributed by atoms with van der Waals surface area (Å²) in [5, 5.41) is 10.0. The summed E-state index contributed by atoms with van der Waals surface area (Å²) in [6, 6.07) is 1.16. The largest absolute Gasteiger partial charge is 0.391 e.